The minimum Gasteiger partial charge on any atom is -0.377 e. The van der Waals surface area contributed by atoms with E-state index in [2.05, 4.69) is 19.9 Å². The fraction of sp³-hybridized carbons (Fsp3) is 0.400. The highest BCUT2D eigenvalue weighted by atomic mass is 32.2. The van der Waals surface area contributed by atoms with Gasteiger partial charge in [-0.05, 0) is 26.0 Å². The van der Waals surface area contributed by atoms with Crippen molar-refractivity contribution >= 4 is 46.4 Å². The maximum Gasteiger partial charge on any atom is 0.264 e. The Labute approximate surface area is 188 Å². The van der Waals surface area contributed by atoms with Crippen molar-refractivity contribution in [2.45, 2.75) is 25.5 Å². The average molecular weight is 458 g/mol. The number of aromatic nitrogens is 4. The van der Waals surface area contributed by atoms with Gasteiger partial charge in [0.05, 0.1) is 32.2 Å². The number of benzene rings is 1. The van der Waals surface area contributed by atoms with Crippen LogP contribution in [0, 0.1) is 0 Å². The van der Waals surface area contributed by atoms with Gasteiger partial charge in [0, 0.05) is 23.0 Å². The van der Waals surface area contributed by atoms with Crippen molar-refractivity contribution in [3.05, 3.63) is 42.7 Å². The van der Waals surface area contributed by atoms with E-state index in [0.29, 0.717) is 17.1 Å². The van der Waals surface area contributed by atoms with Gasteiger partial charge in [0.15, 0.2) is 13.5 Å². The third-order valence-corrected chi connectivity index (χ3v) is 4.82. The fourth-order valence-electron chi connectivity index (χ4n) is 2.95. The van der Waals surface area contributed by atoms with E-state index in [1.807, 2.05) is 52.0 Å². The van der Waals surface area contributed by atoms with Gasteiger partial charge in [-0.2, -0.15) is 13.4 Å². The number of rotatable bonds is 10. The van der Waals surface area contributed by atoms with Crippen molar-refractivity contribution in [2.75, 3.05) is 30.9 Å². The van der Waals surface area contributed by atoms with Gasteiger partial charge in [-0.1, -0.05) is 18.2 Å². The van der Waals surface area contributed by atoms with E-state index in [0.717, 1.165) is 17.5 Å². The van der Waals surface area contributed by atoms with Crippen LogP contribution in [0.2, 0.25) is 0 Å². The smallest absolute Gasteiger partial charge is 0.264 e. The number of nitrogens with zero attached hydrogens (tertiary/aromatic N) is 5. The highest BCUT2D eigenvalue weighted by Gasteiger charge is 2.24. The third-order valence-electron chi connectivity index (χ3n) is 4.19. The van der Waals surface area contributed by atoms with Crippen LogP contribution in [0.4, 0.5) is 11.6 Å². The van der Waals surface area contributed by atoms with Gasteiger partial charge in [0.25, 0.3) is 10.1 Å². The average Bonchev–Trinajstić information content (AvgIpc) is 2.70. The molecule has 1 aromatic carbocycles. The van der Waals surface area contributed by atoms with Crippen LogP contribution in [-0.2, 0) is 19.0 Å². The van der Waals surface area contributed by atoms with Crippen LogP contribution in [0.1, 0.15) is 13.8 Å². The summed E-state index contributed by atoms with van der Waals surface area (Å²) >= 11 is 0. The molecular weight excluding hydrogens is 431 g/mol. The van der Waals surface area contributed by atoms with E-state index in [1.54, 1.807) is 17.3 Å². The summed E-state index contributed by atoms with van der Waals surface area (Å²) in [5.41, 5.74) is 7.89. The van der Waals surface area contributed by atoms with E-state index >= 15 is 0 Å². The Morgan fingerprint density at radius 1 is 1.16 bits per heavy atom. The molecule has 0 aliphatic rings. The molecule has 0 spiro atoms. The fourth-order valence-corrected chi connectivity index (χ4v) is 3.56. The van der Waals surface area contributed by atoms with Gasteiger partial charge < -0.3 is 15.4 Å². The summed E-state index contributed by atoms with van der Waals surface area (Å²) in [6.45, 7) is 4.02. The Morgan fingerprint density at radius 2 is 1.88 bits per heavy atom. The molecule has 3 rings (SSSR count). The second-order valence-corrected chi connectivity index (χ2v) is 9.86. The van der Waals surface area contributed by atoms with Crippen LogP contribution in [0.25, 0.3) is 11.2 Å². The van der Waals surface area contributed by atoms with E-state index in [1.165, 1.54) is 0 Å². The topological polar surface area (TPSA) is 133 Å². The molecule has 32 heavy (non-hydrogen) atoms. The summed E-state index contributed by atoms with van der Waals surface area (Å²) in [6, 6.07) is 9.36. The van der Waals surface area contributed by atoms with Crippen molar-refractivity contribution in [2.24, 2.45) is 5.73 Å². The van der Waals surface area contributed by atoms with Crippen molar-refractivity contribution in [3.63, 3.8) is 0 Å². The first-order chi connectivity index (χ1) is 15.0. The van der Waals surface area contributed by atoms with Gasteiger partial charge in [-0.25, -0.2) is 9.97 Å². The SMILES string of the molecule is Bc1cnc2cnc(N(CC(COCC(C)(C)N)OS(C)(=O)=O)c3ccccc3)nc2n1. The molecule has 1 atom stereocenters. The Morgan fingerprint density at radius 3 is 2.53 bits per heavy atom. The molecule has 0 fully saturated rings. The zero-order valence-corrected chi connectivity index (χ0v) is 19.4. The molecule has 0 aliphatic heterocycles. The van der Waals surface area contributed by atoms with E-state index in [9.17, 15) is 8.42 Å². The van der Waals surface area contributed by atoms with Crippen LogP contribution in [-0.4, -0.2) is 73.9 Å². The second kappa shape index (κ2) is 9.86. The first kappa shape index (κ1) is 24.0. The van der Waals surface area contributed by atoms with Gasteiger partial charge in [-0.15, -0.1) is 0 Å². The molecule has 2 N–H and O–H groups in total. The van der Waals surface area contributed by atoms with Crippen molar-refractivity contribution in [1.82, 2.24) is 19.9 Å². The molecule has 0 aliphatic carbocycles. The Kier molecular flexibility index (Phi) is 7.39. The number of ether oxygens (including phenoxy) is 1. The normalized spacial score (nSPS) is 13.2. The summed E-state index contributed by atoms with van der Waals surface area (Å²) in [7, 11) is -1.91. The molecule has 0 bridgehead atoms. The molecule has 1 unspecified atom stereocenters. The quantitative estimate of drug-likeness (QED) is 0.325. The molecule has 0 saturated heterocycles. The number of hydrogen-bond donors (Lipinski definition) is 1. The molecule has 12 heteroatoms. The van der Waals surface area contributed by atoms with Crippen molar-refractivity contribution in [1.29, 1.82) is 0 Å². The molecule has 2 aromatic heterocycles. The zero-order chi connectivity index (χ0) is 23.4. The monoisotopic (exact) mass is 458 g/mol. The number of anilines is 2. The molecule has 3 aromatic rings. The van der Waals surface area contributed by atoms with E-state index in [-0.39, 0.29) is 19.8 Å². The Balaban J connectivity index is 1.94. The molecular formula is C20H27BN6O4S. The zero-order valence-electron chi connectivity index (χ0n) is 18.6. The minimum atomic E-state index is -3.74. The van der Waals surface area contributed by atoms with Crippen LogP contribution in [0.15, 0.2) is 42.7 Å². The highest BCUT2D eigenvalue weighted by molar-refractivity contribution is 7.86. The van der Waals surface area contributed by atoms with Crippen molar-refractivity contribution < 1.29 is 17.3 Å². The largest absolute Gasteiger partial charge is 0.377 e. The molecule has 0 amide bonds. The summed E-state index contributed by atoms with van der Waals surface area (Å²) in [5.74, 6) is 0.338. The lowest BCUT2D eigenvalue weighted by Crippen LogP contribution is -2.41. The van der Waals surface area contributed by atoms with Gasteiger partial charge in [-0.3, -0.25) is 9.17 Å². The maximum absolute atomic E-state index is 11.9. The van der Waals surface area contributed by atoms with E-state index < -0.39 is 21.8 Å². The standard InChI is InChI=1S/C20H27BN6O4S/c1-20(2,22)13-30-12-15(31-32(3,28)29)11-27(14-7-5-4-6-8-14)19-24-9-16-18(26-19)25-17(21)10-23-16/h4-10,15H,11-13,21-22H2,1-3H3. The number of fused-ring (bicyclic) bond motifs is 1. The Bertz CT molecular complexity index is 1160. The molecule has 10 nitrogen and oxygen atoms in total. The molecule has 0 saturated carbocycles. The van der Waals surface area contributed by atoms with Crippen LogP contribution < -0.4 is 16.2 Å². The number of hydrogen-bond acceptors (Lipinski definition) is 10. The molecule has 170 valence electrons. The number of para-hydroxylation sites is 1. The number of nitrogens with two attached hydrogens (primary N) is 1. The highest BCUT2D eigenvalue weighted by Crippen LogP contribution is 2.24. The second-order valence-electron chi connectivity index (χ2n) is 8.26. The van der Waals surface area contributed by atoms with Gasteiger partial charge in [0.1, 0.15) is 11.6 Å². The summed E-state index contributed by atoms with van der Waals surface area (Å²) in [5, 5.41) is 0. The van der Waals surface area contributed by atoms with Gasteiger partial charge >= 0.3 is 0 Å². The molecule has 0 radical (unpaired) electrons. The van der Waals surface area contributed by atoms with Gasteiger partial charge in [0.2, 0.25) is 5.95 Å². The molecule has 2 heterocycles. The van der Waals surface area contributed by atoms with Crippen LogP contribution >= 0.6 is 0 Å². The summed E-state index contributed by atoms with van der Waals surface area (Å²) in [4.78, 5) is 19.5. The van der Waals surface area contributed by atoms with Crippen LogP contribution in [0.3, 0.4) is 0 Å². The first-order valence-electron chi connectivity index (χ1n) is 10.0. The minimum absolute atomic E-state index is 0.0174. The lowest BCUT2D eigenvalue weighted by molar-refractivity contribution is 0.0378. The lowest BCUT2D eigenvalue weighted by Gasteiger charge is -2.28. The predicted octanol–water partition coefficient (Wildman–Crippen LogP) is -0.0850. The third kappa shape index (κ3) is 7.19. The summed E-state index contributed by atoms with van der Waals surface area (Å²) in [6.07, 6.45) is 3.41. The Hall–Kier alpha value is -2.67. The lowest BCUT2D eigenvalue weighted by atomic mass is 10.1. The van der Waals surface area contributed by atoms with Crippen LogP contribution in [0.5, 0.6) is 0 Å². The summed E-state index contributed by atoms with van der Waals surface area (Å²) < 4.78 is 34.8. The maximum atomic E-state index is 11.9. The van der Waals surface area contributed by atoms with E-state index in [4.69, 9.17) is 14.7 Å². The predicted molar refractivity (Wildman–Crippen MR) is 126 cm³/mol. The first-order valence-corrected chi connectivity index (χ1v) is 11.9. The van der Waals surface area contributed by atoms with Crippen molar-refractivity contribution in [3.8, 4) is 0 Å².